The van der Waals surface area contributed by atoms with Crippen molar-refractivity contribution in [1.29, 1.82) is 0 Å². The smallest absolute Gasteiger partial charge is 0.226 e. The summed E-state index contributed by atoms with van der Waals surface area (Å²) in [6.07, 6.45) is 0. The molecule has 1 aromatic rings. The number of likely N-dealkylation sites (N-methyl/N-ethyl adjacent to an activating group) is 1. The lowest BCUT2D eigenvalue weighted by Gasteiger charge is -2.33. The summed E-state index contributed by atoms with van der Waals surface area (Å²) >= 11 is 0. The first kappa shape index (κ1) is 19.4. The highest BCUT2D eigenvalue weighted by atomic mass is 16.3. The fourth-order valence-corrected chi connectivity index (χ4v) is 4.52. The number of hydrogen-bond acceptors (Lipinski definition) is 4. The summed E-state index contributed by atoms with van der Waals surface area (Å²) in [7, 11) is 2.12. The minimum Gasteiger partial charge on any atom is -0.378 e. The molecule has 4 rings (SSSR count). The Labute approximate surface area is 168 Å². The van der Waals surface area contributed by atoms with E-state index in [1.807, 2.05) is 12.1 Å². The van der Waals surface area contributed by atoms with E-state index in [4.69, 9.17) is 0 Å². The van der Waals surface area contributed by atoms with Gasteiger partial charge in [-0.3, -0.25) is 9.69 Å². The number of carbonyl (C=O) groups is 1. The molecule has 1 amide bonds. The molecule has 3 aliphatic rings. The number of hydrogen-bond donors (Lipinski definition) is 1. The first-order valence-corrected chi connectivity index (χ1v) is 10.3. The first-order chi connectivity index (χ1) is 13.3. The number of rotatable bonds is 3. The number of piperidine rings is 1. The quantitative estimate of drug-likeness (QED) is 0.801. The van der Waals surface area contributed by atoms with Crippen molar-refractivity contribution in [2.75, 3.05) is 46.3 Å². The van der Waals surface area contributed by atoms with Crippen LogP contribution in [0.1, 0.15) is 25.0 Å². The molecule has 1 saturated carbocycles. The molecule has 0 aromatic heterocycles. The highest BCUT2D eigenvalue weighted by molar-refractivity contribution is 5.82. The Bertz CT molecular complexity index is 767. The van der Waals surface area contributed by atoms with Crippen molar-refractivity contribution in [1.82, 2.24) is 14.7 Å². The van der Waals surface area contributed by atoms with Gasteiger partial charge in [0.05, 0.1) is 0 Å². The number of nitrogens with zero attached hydrogens (tertiary/aromatic N) is 3. The molecule has 1 aromatic carbocycles. The zero-order valence-corrected chi connectivity index (χ0v) is 17.2. The van der Waals surface area contributed by atoms with E-state index in [0.717, 1.165) is 51.4 Å². The van der Waals surface area contributed by atoms with Gasteiger partial charge in [-0.2, -0.15) is 0 Å². The van der Waals surface area contributed by atoms with E-state index >= 15 is 0 Å². The van der Waals surface area contributed by atoms with Gasteiger partial charge in [0.2, 0.25) is 5.91 Å². The van der Waals surface area contributed by atoms with Crippen molar-refractivity contribution in [3.05, 3.63) is 35.4 Å². The van der Waals surface area contributed by atoms with E-state index in [9.17, 15) is 9.90 Å². The minimum absolute atomic E-state index is 0.277. The maximum absolute atomic E-state index is 12.8. The van der Waals surface area contributed by atoms with Gasteiger partial charge in [0.25, 0.3) is 0 Å². The third-order valence-corrected chi connectivity index (χ3v) is 6.24. The molecule has 0 bridgehead atoms. The van der Waals surface area contributed by atoms with E-state index in [1.54, 1.807) is 13.8 Å². The van der Waals surface area contributed by atoms with Gasteiger partial charge in [-0.1, -0.05) is 24.0 Å². The number of fused-ring (bicyclic) bond motifs is 1. The van der Waals surface area contributed by atoms with Crippen LogP contribution >= 0.6 is 0 Å². The van der Waals surface area contributed by atoms with Crippen LogP contribution in [-0.2, 0) is 11.3 Å². The van der Waals surface area contributed by atoms with Crippen LogP contribution in [0.25, 0.3) is 0 Å². The summed E-state index contributed by atoms with van der Waals surface area (Å²) in [4.78, 5) is 19.6. The molecule has 0 radical (unpaired) electrons. The molecule has 1 aliphatic carbocycles. The van der Waals surface area contributed by atoms with Crippen LogP contribution in [0.2, 0.25) is 0 Å². The number of carbonyl (C=O) groups excluding carboxylic acids is 1. The highest BCUT2D eigenvalue weighted by Crippen LogP contribution is 2.52. The highest BCUT2D eigenvalue weighted by Gasteiger charge is 2.60. The Kier molecular flexibility index (Phi) is 5.22. The van der Waals surface area contributed by atoms with Crippen LogP contribution < -0.4 is 0 Å². The average Bonchev–Trinajstić information content (AvgIpc) is 3.15. The predicted molar refractivity (Wildman–Crippen MR) is 109 cm³/mol. The Hall–Kier alpha value is -1.87. The molecule has 2 heterocycles. The summed E-state index contributed by atoms with van der Waals surface area (Å²) < 4.78 is 0. The Morgan fingerprint density at radius 3 is 2.29 bits per heavy atom. The van der Waals surface area contributed by atoms with Crippen molar-refractivity contribution in [2.24, 2.45) is 17.8 Å². The number of aliphatic hydroxyl groups is 1. The molecule has 2 atom stereocenters. The van der Waals surface area contributed by atoms with Crippen molar-refractivity contribution >= 4 is 5.91 Å². The molecule has 1 N–H and O–H groups in total. The molecule has 2 unspecified atom stereocenters. The summed E-state index contributed by atoms with van der Waals surface area (Å²) in [5, 5.41) is 9.70. The minimum atomic E-state index is -0.965. The predicted octanol–water partition coefficient (Wildman–Crippen LogP) is 1.26. The normalized spacial score (nSPS) is 27.9. The molecule has 3 fully saturated rings. The summed E-state index contributed by atoms with van der Waals surface area (Å²) in [5.41, 5.74) is 1.23. The summed E-state index contributed by atoms with van der Waals surface area (Å²) in [6.45, 7) is 10.1. The second kappa shape index (κ2) is 7.51. The van der Waals surface area contributed by atoms with E-state index in [-0.39, 0.29) is 5.92 Å². The van der Waals surface area contributed by atoms with Crippen LogP contribution in [-0.4, -0.2) is 77.6 Å². The van der Waals surface area contributed by atoms with Gasteiger partial charge < -0.3 is 14.9 Å². The molecule has 5 heteroatoms. The molecular weight excluding hydrogens is 350 g/mol. The maximum Gasteiger partial charge on any atom is 0.226 e. The molecule has 0 spiro atoms. The van der Waals surface area contributed by atoms with E-state index in [1.165, 1.54) is 5.56 Å². The lowest BCUT2D eigenvalue weighted by molar-refractivity contribution is -0.135. The molecule has 2 saturated heterocycles. The maximum atomic E-state index is 12.8. The van der Waals surface area contributed by atoms with Crippen LogP contribution in [0.4, 0.5) is 0 Å². The third-order valence-electron chi connectivity index (χ3n) is 6.24. The van der Waals surface area contributed by atoms with Gasteiger partial charge in [0.15, 0.2) is 0 Å². The summed E-state index contributed by atoms with van der Waals surface area (Å²) in [5.74, 6) is 7.65. The van der Waals surface area contributed by atoms with Gasteiger partial charge >= 0.3 is 0 Å². The fourth-order valence-electron chi connectivity index (χ4n) is 4.52. The third kappa shape index (κ3) is 4.41. The fraction of sp³-hybridized carbons (Fsp3) is 0.609. The molecule has 2 aliphatic heterocycles. The Morgan fingerprint density at radius 1 is 1.11 bits per heavy atom. The van der Waals surface area contributed by atoms with Gasteiger partial charge in [0, 0.05) is 57.3 Å². The Morgan fingerprint density at radius 2 is 1.71 bits per heavy atom. The molecule has 5 nitrogen and oxygen atoms in total. The van der Waals surface area contributed by atoms with Crippen LogP contribution in [0, 0.1) is 29.6 Å². The van der Waals surface area contributed by atoms with E-state index in [0.29, 0.717) is 17.7 Å². The van der Waals surface area contributed by atoms with Crippen LogP contribution in [0.15, 0.2) is 24.3 Å². The van der Waals surface area contributed by atoms with Crippen molar-refractivity contribution in [3.8, 4) is 11.8 Å². The standard InChI is InChI=1S/C23H31N3O2/c1-23(2,28)9-8-17-4-6-18(7-5-17)14-25-15-19-20(16-25)21(19)22(27)26-12-10-24(3)11-13-26/h4-7,19-21,28H,10-16H2,1-3H3. The zero-order valence-electron chi connectivity index (χ0n) is 17.2. The van der Waals surface area contributed by atoms with Crippen molar-refractivity contribution < 1.29 is 9.90 Å². The Balaban J connectivity index is 1.26. The monoisotopic (exact) mass is 381 g/mol. The number of piperazine rings is 1. The van der Waals surface area contributed by atoms with Crippen LogP contribution in [0.5, 0.6) is 0 Å². The zero-order chi connectivity index (χ0) is 19.9. The number of benzene rings is 1. The summed E-state index contributed by atoms with van der Waals surface area (Å²) in [6, 6.07) is 8.27. The van der Waals surface area contributed by atoms with Crippen molar-refractivity contribution in [3.63, 3.8) is 0 Å². The van der Waals surface area contributed by atoms with E-state index in [2.05, 4.69) is 45.7 Å². The van der Waals surface area contributed by atoms with Gasteiger partial charge in [-0.15, -0.1) is 0 Å². The van der Waals surface area contributed by atoms with Gasteiger partial charge in [-0.25, -0.2) is 0 Å². The van der Waals surface area contributed by atoms with Gasteiger partial charge in [0.1, 0.15) is 5.60 Å². The van der Waals surface area contributed by atoms with E-state index < -0.39 is 5.60 Å². The molecule has 150 valence electrons. The molecular formula is C23H31N3O2. The van der Waals surface area contributed by atoms with Crippen molar-refractivity contribution in [2.45, 2.75) is 26.0 Å². The lowest BCUT2D eigenvalue weighted by atomic mass is 10.1. The second-order valence-corrected chi connectivity index (χ2v) is 9.18. The number of likely N-dealkylation sites (tertiary alicyclic amines) is 1. The first-order valence-electron chi connectivity index (χ1n) is 10.3. The molecule has 28 heavy (non-hydrogen) atoms. The second-order valence-electron chi connectivity index (χ2n) is 9.18. The van der Waals surface area contributed by atoms with Crippen LogP contribution in [0.3, 0.4) is 0 Å². The average molecular weight is 382 g/mol. The van der Waals surface area contributed by atoms with Gasteiger partial charge in [-0.05, 0) is 50.4 Å². The topological polar surface area (TPSA) is 47.0 Å². The largest absolute Gasteiger partial charge is 0.378 e. The lowest BCUT2D eigenvalue weighted by Crippen LogP contribution is -2.48. The number of amides is 1. The SMILES string of the molecule is CN1CCN(C(=O)C2C3CN(Cc4ccc(C#CC(C)(C)O)cc4)CC32)CC1.